The van der Waals surface area contributed by atoms with Gasteiger partial charge < -0.3 is 14.4 Å². The second-order valence-electron chi connectivity index (χ2n) is 7.13. The fourth-order valence-corrected chi connectivity index (χ4v) is 3.27. The van der Waals surface area contributed by atoms with Gasteiger partial charge in [-0.05, 0) is 24.3 Å². The molecule has 0 atom stereocenters. The smallest absolute Gasteiger partial charge is 0.269 e. The van der Waals surface area contributed by atoms with Crippen LogP contribution in [0.3, 0.4) is 0 Å². The van der Waals surface area contributed by atoms with Gasteiger partial charge in [-0.1, -0.05) is 18.2 Å². The number of hydrogen-bond acceptors (Lipinski definition) is 6. The second-order valence-corrected chi connectivity index (χ2v) is 7.13. The number of carbonyl (C=O) groups excluding carboxylic acids is 1. The molecule has 1 amide bonds. The number of non-ortho nitro benzene ring substituents is 1. The number of aromatic nitrogens is 2. The van der Waals surface area contributed by atoms with E-state index in [2.05, 4.69) is 5.10 Å². The molecule has 0 saturated heterocycles. The van der Waals surface area contributed by atoms with Crippen molar-refractivity contribution in [2.75, 3.05) is 40.5 Å². The minimum absolute atomic E-state index is 0.000764. The maximum atomic E-state index is 13.1. The van der Waals surface area contributed by atoms with Gasteiger partial charge in [0.1, 0.15) is 0 Å². The number of hydrogen-bond donors (Lipinski definition) is 0. The molecule has 0 aliphatic rings. The first-order valence-electron chi connectivity index (χ1n) is 10.2. The third-order valence-corrected chi connectivity index (χ3v) is 4.99. The predicted octanol–water partition coefficient (Wildman–Crippen LogP) is 3.11. The Morgan fingerprint density at radius 3 is 2.22 bits per heavy atom. The van der Waals surface area contributed by atoms with E-state index in [-0.39, 0.29) is 18.0 Å². The largest absolute Gasteiger partial charge is 0.383 e. The summed E-state index contributed by atoms with van der Waals surface area (Å²) in [7, 11) is 3.19. The van der Waals surface area contributed by atoms with Gasteiger partial charge in [-0.3, -0.25) is 14.9 Å². The first kappa shape index (κ1) is 23.1. The summed E-state index contributed by atoms with van der Waals surface area (Å²) in [5.74, 6) is -0.0742. The molecule has 2 aromatic carbocycles. The Hall–Kier alpha value is -3.56. The van der Waals surface area contributed by atoms with Crippen LogP contribution >= 0.6 is 0 Å². The molecule has 9 heteroatoms. The minimum atomic E-state index is -0.444. The molecule has 1 heterocycles. The maximum Gasteiger partial charge on any atom is 0.269 e. The lowest BCUT2D eigenvalue weighted by atomic mass is 10.1. The molecule has 3 rings (SSSR count). The van der Waals surface area contributed by atoms with Gasteiger partial charge in [0, 0.05) is 56.8 Å². The van der Waals surface area contributed by atoms with Crippen molar-refractivity contribution in [3.8, 4) is 16.9 Å². The Balaban J connectivity index is 1.94. The molecule has 32 heavy (non-hydrogen) atoms. The normalized spacial score (nSPS) is 10.8. The summed E-state index contributed by atoms with van der Waals surface area (Å²) in [6.07, 6.45) is 1.96. The number of benzene rings is 2. The highest BCUT2D eigenvalue weighted by Gasteiger charge is 2.20. The molecule has 0 radical (unpaired) electrons. The Morgan fingerprint density at radius 1 is 1.03 bits per heavy atom. The molecule has 3 aromatic rings. The topological polar surface area (TPSA) is 99.7 Å². The quantitative estimate of drug-likeness (QED) is 0.337. The highest BCUT2D eigenvalue weighted by atomic mass is 16.6. The molecule has 1 aromatic heterocycles. The van der Waals surface area contributed by atoms with Crippen LogP contribution in [0.15, 0.2) is 60.8 Å². The van der Waals surface area contributed by atoms with E-state index < -0.39 is 4.92 Å². The van der Waals surface area contributed by atoms with Crippen LogP contribution < -0.4 is 0 Å². The maximum absolute atomic E-state index is 13.1. The summed E-state index contributed by atoms with van der Waals surface area (Å²) < 4.78 is 12.0. The first-order chi connectivity index (χ1) is 15.5. The molecule has 0 aliphatic heterocycles. The molecule has 168 valence electrons. The van der Waals surface area contributed by atoms with Crippen molar-refractivity contribution in [3.63, 3.8) is 0 Å². The standard InChI is InChI=1S/C23H26N4O5/c1-31-14-12-25(13-15-32-2)22(28)16-19-17-26(20-6-4-3-5-7-20)24-23(19)18-8-10-21(11-9-18)27(29)30/h3-11,17H,12-16H2,1-2H3. The Kier molecular flexibility index (Phi) is 8.07. The fourth-order valence-electron chi connectivity index (χ4n) is 3.27. The lowest BCUT2D eigenvalue weighted by Crippen LogP contribution is -2.37. The van der Waals surface area contributed by atoms with Gasteiger partial charge in [-0.15, -0.1) is 0 Å². The van der Waals surface area contributed by atoms with E-state index in [1.54, 1.807) is 35.9 Å². The van der Waals surface area contributed by atoms with E-state index in [0.29, 0.717) is 37.6 Å². The lowest BCUT2D eigenvalue weighted by Gasteiger charge is -2.22. The van der Waals surface area contributed by atoms with Gasteiger partial charge in [0.25, 0.3) is 5.69 Å². The van der Waals surface area contributed by atoms with Crippen molar-refractivity contribution >= 4 is 11.6 Å². The van der Waals surface area contributed by atoms with Crippen molar-refractivity contribution in [2.24, 2.45) is 0 Å². The van der Waals surface area contributed by atoms with Gasteiger partial charge in [-0.2, -0.15) is 5.10 Å². The average molecular weight is 438 g/mol. The number of nitrogens with zero attached hydrogens (tertiary/aromatic N) is 4. The van der Waals surface area contributed by atoms with Crippen LogP contribution in [0.5, 0.6) is 0 Å². The van der Waals surface area contributed by atoms with Crippen molar-refractivity contribution in [2.45, 2.75) is 6.42 Å². The third-order valence-electron chi connectivity index (χ3n) is 4.99. The van der Waals surface area contributed by atoms with Crippen LogP contribution in [0, 0.1) is 10.1 Å². The summed E-state index contributed by atoms with van der Waals surface area (Å²) in [6.45, 7) is 1.76. The monoisotopic (exact) mass is 438 g/mol. The van der Waals surface area contributed by atoms with Gasteiger partial charge in [0.15, 0.2) is 0 Å². The van der Waals surface area contributed by atoms with Gasteiger partial charge in [0.2, 0.25) is 5.91 Å². The van der Waals surface area contributed by atoms with E-state index in [1.807, 2.05) is 36.5 Å². The highest BCUT2D eigenvalue weighted by molar-refractivity contribution is 5.81. The zero-order chi connectivity index (χ0) is 22.9. The number of nitro benzene ring substituents is 1. The van der Waals surface area contributed by atoms with Crippen LogP contribution in [0.4, 0.5) is 5.69 Å². The first-order valence-corrected chi connectivity index (χ1v) is 10.2. The number of amides is 1. The summed E-state index contributed by atoms with van der Waals surface area (Å²) in [5.41, 5.74) is 2.89. The van der Waals surface area contributed by atoms with Crippen LogP contribution in [-0.2, 0) is 20.7 Å². The molecular weight excluding hydrogens is 412 g/mol. The van der Waals surface area contributed by atoms with Crippen LogP contribution in [-0.4, -0.2) is 66.0 Å². The molecule has 0 spiro atoms. The van der Waals surface area contributed by atoms with E-state index in [1.165, 1.54) is 12.1 Å². The molecule has 0 unspecified atom stereocenters. The number of methoxy groups -OCH3 is 2. The highest BCUT2D eigenvalue weighted by Crippen LogP contribution is 2.26. The molecule has 0 bridgehead atoms. The van der Waals surface area contributed by atoms with Crippen LogP contribution in [0.25, 0.3) is 16.9 Å². The van der Waals surface area contributed by atoms with Gasteiger partial charge >= 0.3 is 0 Å². The zero-order valence-electron chi connectivity index (χ0n) is 18.1. The van der Waals surface area contributed by atoms with Gasteiger partial charge in [-0.25, -0.2) is 4.68 Å². The third kappa shape index (κ3) is 5.77. The van der Waals surface area contributed by atoms with Crippen LogP contribution in [0.1, 0.15) is 5.56 Å². The number of nitro groups is 1. The van der Waals surface area contributed by atoms with Crippen LogP contribution in [0.2, 0.25) is 0 Å². The molecule has 9 nitrogen and oxygen atoms in total. The summed E-state index contributed by atoms with van der Waals surface area (Å²) >= 11 is 0. The molecule has 0 N–H and O–H groups in total. The van der Waals surface area contributed by atoms with Crippen molar-refractivity contribution in [1.29, 1.82) is 0 Å². The van der Waals surface area contributed by atoms with Crippen molar-refractivity contribution < 1.29 is 19.2 Å². The Bertz CT molecular complexity index is 1030. The number of carbonyl (C=O) groups is 1. The lowest BCUT2D eigenvalue weighted by molar-refractivity contribution is -0.384. The van der Waals surface area contributed by atoms with Crippen molar-refractivity contribution in [1.82, 2.24) is 14.7 Å². The Labute approximate surface area is 186 Å². The summed E-state index contributed by atoms with van der Waals surface area (Å²) in [4.78, 5) is 25.4. The Morgan fingerprint density at radius 2 is 1.66 bits per heavy atom. The second kappa shape index (κ2) is 11.2. The molecular formula is C23H26N4O5. The van der Waals surface area contributed by atoms with E-state index in [0.717, 1.165) is 11.3 Å². The van der Waals surface area contributed by atoms with Crippen molar-refractivity contribution in [3.05, 3.63) is 76.5 Å². The minimum Gasteiger partial charge on any atom is -0.383 e. The molecule has 0 aliphatic carbocycles. The summed E-state index contributed by atoms with van der Waals surface area (Å²) in [6, 6.07) is 15.7. The number of ether oxygens (including phenoxy) is 2. The van der Waals surface area contributed by atoms with E-state index in [4.69, 9.17) is 9.47 Å². The van der Waals surface area contributed by atoms with E-state index in [9.17, 15) is 14.9 Å². The van der Waals surface area contributed by atoms with E-state index >= 15 is 0 Å². The molecule has 0 fully saturated rings. The predicted molar refractivity (Wildman–Crippen MR) is 120 cm³/mol. The number of para-hydroxylation sites is 1. The SMILES string of the molecule is COCCN(CCOC)C(=O)Cc1cn(-c2ccccc2)nc1-c1ccc([N+](=O)[O-])cc1. The van der Waals surface area contributed by atoms with Gasteiger partial charge in [0.05, 0.1) is 35.9 Å². The number of rotatable bonds is 11. The average Bonchev–Trinajstić information content (AvgIpc) is 3.23. The summed E-state index contributed by atoms with van der Waals surface area (Å²) in [5, 5.41) is 15.7. The molecule has 0 saturated carbocycles. The zero-order valence-corrected chi connectivity index (χ0v) is 18.1. The fraction of sp³-hybridized carbons (Fsp3) is 0.304.